The van der Waals surface area contributed by atoms with Gasteiger partial charge in [0.25, 0.3) is 5.91 Å². The molecule has 262 valence electrons. The molecule has 5 rings (SSSR count). The van der Waals surface area contributed by atoms with Gasteiger partial charge in [0.1, 0.15) is 5.82 Å². The number of aromatic nitrogens is 4. The Balaban J connectivity index is 1.18. The molecule has 2 aromatic carbocycles. The quantitative estimate of drug-likeness (QED) is 0.116. The van der Waals surface area contributed by atoms with Gasteiger partial charge >= 0.3 is 24.0 Å². The van der Waals surface area contributed by atoms with Crippen LogP contribution in [0.3, 0.4) is 0 Å². The summed E-state index contributed by atoms with van der Waals surface area (Å²) in [6, 6.07) is 17.8. The lowest BCUT2D eigenvalue weighted by Crippen LogP contribution is -2.45. The van der Waals surface area contributed by atoms with Gasteiger partial charge in [0, 0.05) is 35.6 Å². The Hall–Kier alpha value is -5.51. The van der Waals surface area contributed by atoms with Gasteiger partial charge in [-0.1, -0.05) is 43.6 Å². The third-order valence-corrected chi connectivity index (χ3v) is 7.70. The molecule has 50 heavy (non-hydrogen) atoms. The van der Waals surface area contributed by atoms with E-state index in [0.29, 0.717) is 16.3 Å². The summed E-state index contributed by atoms with van der Waals surface area (Å²) in [6.45, 7) is 2.30. The van der Waals surface area contributed by atoms with Gasteiger partial charge in [-0.2, -0.15) is 28.1 Å². The van der Waals surface area contributed by atoms with Crippen molar-refractivity contribution < 1.29 is 32.3 Å². The van der Waals surface area contributed by atoms with Crippen LogP contribution in [0.4, 0.5) is 36.6 Å². The minimum absolute atomic E-state index is 0.00996. The molecule has 17 heteroatoms. The number of pyridine rings is 1. The van der Waals surface area contributed by atoms with Crippen LogP contribution in [0.2, 0.25) is 5.02 Å². The largest absolute Gasteiger partial charge is 0.454 e. The first-order chi connectivity index (χ1) is 23.7. The van der Waals surface area contributed by atoms with Crippen molar-refractivity contribution in [2.45, 2.75) is 38.4 Å². The monoisotopic (exact) mass is 711 g/mol. The second kappa shape index (κ2) is 14.9. The van der Waals surface area contributed by atoms with E-state index in [-0.39, 0.29) is 30.8 Å². The van der Waals surface area contributed by atoms with E-state index < -0.39 is 47.5 Å². The summed E-state index contributed by atoms with van der Waals surface area (Å²) in [5, 5.41) is 14.5. The fraction of sp³-hybridized carbons (Fsp3) is 0.303. The van der Waals surface area contributed by atoms with E-state index in [0.717, 1.165) is 18.4 Å². The number of anilines is 4. The van der Waals surface area contributed by atoms with Crippen LogP contribution >= 0.6 is 11.6 Å². The highest BCUT2D eigenvalue weighted by Gasteiger charge is 2.45. The summed E-state index contributed by atoms with van der Waals surface area (Å²) < 4.78 is 43.6. The first-order valence-corrected chi connectivity index (χ1v) is 15.7. The van der Waals surface area contributed by atoms with Gasteiger partial charge in [-0.25, -0.2) is 4.98 Å². The van der Waals surface area contributed by atoms with Crippen LogP contribution in [0.5, 0.6) is 6.01 Å². The van der Waals surface area contributed by atoms with E-state index in [1.807, 2.05) is 26.0 Å². The van der Waals surface area contributed by atoms with Crippen molar-refractivity contribution >= 4 is 52.7 Å². The molecule has 5 N–H and O–H groups in total. The van der Waals surface area contributed by atoms with E-state index in [9.17, 15) is 27.6 Å². The lowest BCUT2D eigenvalue weighted by Gasteiger charge is -2.25. The molecule has 0 atom stereocenters. The van der Waals surface area contributed by atoms with E-state index in [2.05, 4.69) is 46.5 Å². The van der Waals surface area contributed by atoms with Crippen molar-refractivity contribution in [3.63, 3.8) is 0 Å². The molecule has 3 amide bonds. The molecule has 4 aromatic rings. The summed E-state index contributed by atoms with van der Waals surface area (Å²) in [5.41, 5.74) is 0.540. The highest BCUT2D eigenvalue weighted by Crippen LogP contribution is 2.48. The zero-order chi connectivity index (χ0) is 35.9. The van der Waals surface area contributed by atoms with Crippen LogP contribution in [0.15, 0.2) is 72.9 Å². The molecule has 13 nitrogen and oxygen atoms in total. The highest BCUT2D eigenvalue weighted by atomic mass is 35.5. The summed E-state index contributed by atoms with van der Waals surface area (Å²) in [5.74, 6) is -1.93. The maximum atomic E-state index is 12.9. The number of nitrogens with zero attached hydrogens (tertiary/aromatic N) is 4. The average Bonchev–Trinajstić information content (AvgIpc) is 3.86. The van der Waals surface area contributed by atoms with Crippen molar-refractivity contribution in [1.82, 2.24) is 30.6 Å². The molecular formula is C33H33ClF3N9O4. The van der Waals surface area contributed by atoms with Crippen molar-refractivity contribution in [2.24, 2.45) is 5.41 Å². The minimum Gasteiger partial charge on any atom is -0.454 e. The Morgan fingerprint density at radius 3 is 2.18 bits per heavy atom. The second-order valence-corrected chi connectivity index (χ2v) is 12.7. The lowest BCUT2D eigenvalue weighted by molar-refractivity contribution is -0.154. The number of carbonyl (C=O) groups is 3. The summed E-state index contributed by atoms with van der Waals surface area (Å²) in [4.78, 5) is 53.6. The van der Waals surface area contributed by atoms with Gasteiger partial charge in [-0.05, 0) is 72.4 Å². The van der Waals surface area contributed by atoms with Crippen LogP contribution in [-0.4, -0.2) is 63.5 Å². The van der Waals surface area contributed by atoms with Crippen molar-refractivity contribution in [3.8, 4) is 6.01 Å². The first kappa shape index (κ1) is 35.8. The number of carbonyl (C=O) groups excluding carboxylic acids is 3. The number of nitrogens with one attached hydrogen (secondary N) is 5. The molecule has 0 unspecified atom stereocenters. The van der Waals surface area contributed by atoms with Gasteiger partial charge in [0.05, 0.1) is 5.54 Å². The molecule has 0 bridgehead atoms. The topological polar surface area (TPSA) is 172 Å². The molecule has 2 aromatic heterocycles. The number of ether oxygens (including phenoxy) is 1. The molecule has 0 spiro atoms. The molecule has 0 aliphatic heterocycles. The van der Waals surface area contributed by atoms with E-state index >= 15 is 0 Å². The van der Waals surface area contributed by atoms with Gasteiger partial charge in [0.2, 0.25) is 11.9 Å². The number of amides is 3. The van der Waals surface area contributed by atoms with Gasteiger partial charge < -0.3 is 31.3 Å². The zero-order valence-corrected chi connectivity index (χ0v) is 27.7. The Labute approximate surface area is 289 Å². The summed E-state index contributed by atoms with van der Waals surface area (Å²) in [7, 11) is 0. The van der Waals surface area contributed by atoms with E-state index in [4.69, 9.17) is 16.3 Å². The minimum atomic E-state index is -4.61. The predicted octanol–water partition coefficient (Wildman–Crippen LogP) is 5.22. The second-order valence-electron chi connectivity index (χ2n) is 12.3. The first-order valence-electron chi connectivity index (χ1n) is 15.3. The fourth-order valence-electron chi connectivity index (χ4n) is 4.60. The number of hydrogen-bond donors (Lipinski definition) is 5. The molecule has 1 aliphatic carbocycles. The standard InChI is InChI=1S/C33H33ClF3N9O4/c1-31(2,18-40-26(48)27(49)42-24-5-3-4-16-38-24)17-39-25(47)20-6-12-23(13-7-20)41-28-43-29(45-30(44-28)50-19-33(35,36)37)46-32(14-15-32)21-8-10-22(34)11-9-21/h3-13,16H,14-15,17-19H2,1-2H3,(H,39,47)(H,40,48)(H,38,42,49)(H2,41,43,44,45,46). The lowest BCUT2D eigenvalue weighted by atomic mass is 9.93. The zero-order valence-electron chi connectivity index (χ0n) is 26.9. The highest BCUT2D eigenvalue weighted by molar-refractivity contribution is 6.39. The normalized spacial score (nSPS) is 13.5. The third kappa shape index (κ3) is 10.2. The van der Waals surface area contributed by atoms with E-state index in [1.165, 1.54) is 18.3 Å². The van der Waals surface area contributed by atoms with Crippen molar-refractivity contribution in [1.29, 1.82) is 0 Å². The molecule has 1 saturated carbocycles. The van der Waals surface area contributed by atoms with Crippen LogP contribution in [0.25, 0.3) is 0 Å². The SMILES string of the molecule is CC(C)(CNC(=O)C(=O)Nc1ccccn1)CNC(=O)c1ccc(Nc2nc(NC3(c4ccc(Cl)cc4)CC3)nc(OCC(F)(F)F)n2)cc1. The Morgan fingerprint density at radius 2 is 1.54 bits per heavy atom. The summed E-state index contributed by atoms with van der Waals surface area (Å²) in [6.07, 6.45) is -1.65. The van der Waals surface area contributed by atoms with Gasteiger partial charge in [-0.15, -0.1) is 0 Å². The average molecular weight is 712 g/mol. The molecule has 0 saturated heterocycles. The number of halogens is 4. The molecule has 0 radical (unpaired) electrons. The Bertz CT molecular complexity index is 1820. The van der Waals surface area contributed by atoms with E-state index in [1.54, 1.807) is 42.5 Å². The number of rotatable bonds is 13. The number of benzene rings is 2. The van der Waals surface area contributed by atoms with Crippen LogP contribution in [-0.2, 0) is 15.1 Å². The fourth-order valence-corrected chi connectivity index (χ4v) is 4.73. The number of alkyl halides is 3. The van der Waals surface area contributed by atoms with Crippen LogP contribution in [0, 0.1) is 5.41 Å². The molecule has 1 aliphatic rings. The van der Waals surface area contributed by atoms with Crippen LogP contribution in [0.1, 0.15) is 42.6 Å². The summed E-state index contributed by atoms with van der Waals surface area (Å²) >= 11 is 6.02. The van der Waals surface area contributed by atoms with Gasteiger partial charge in [-0.3, -0.25) is 14.4 Å². The smallest absolute Gasteiger partial charge is 0.422 e. The Kier molecular flexibility index (Phi) is 10.7. The Morgan fingerprint density at radius 1 is 0.860 bits per heavy atom. The molecular weight excluding hydrogens is 679 g/mol. The maximum absolute atomic E-state index is 12.9. The van der Waals surface area contributed by atoms with Gasteiger partial charge in [0.15, 0.2) is 6.61 Å². The third-order valence-electron chi connectivity index (χ3n) is 7.45. The number of hydrogen-bond acceptors (Lipinski definition) is 10. The molecule has 1 fully saturated rings. The predicted molar refractivity (Wildman–Crippen MR) is 179 cm³/mol. The van der Waals surface area contributed by atoms with Crippen LogP contribution < -0.4 is 31.3 Å². The van der Waals surface area contributed by atoms with Crippen molar-refractivity contribution in [2.75, 3.05) is 35.6 Å². The maximum Gasteiger partial charge on any atom is 0.422 e. The van der Waals surface area contributed by atoms with Crippen molar-refractivity contribution in [3.05, 3.63) is 89.1 Å². The molecule has 2 heterocycles.